The molecule has 0 aliphatic heterocycles. The number of hydrogen-bond donors (Lipinski definition) is 1. The Bertz CT molecular complexity index is 342. The van der Waals surface area contributed by atoms with Gasteiger partial charge in [-0.25, -0.2) is 0 Å². The predicted octanol–water partition coefficient (Wildman–Crippen LogP) is 3.69. The lowest BCUT2D eigenvalue weighted by Gasteiger charge is -2.28. The van der Waals surface area contributed by atoms with E-state index in [4.69, 9.17) is 4.74 Å². The van der Waals surface area contributed by atoms with Gasteiger partial charge < -0.3 is 10.1 Å². The lowest BCUT2D eigenvalue weighted by molar-refractivity contribution is 0.350. The summed E-state index contributed by atoms with van der Waals surface area (Å²) in [5, 5.41) is 3.63. The van der Waals surface area contributed by atoms with Crippen molar-refractivity contribution in [1.29, 1.82) is 0 Å². The molecule has 0 heterocycles. The van der Waals surface area contributed by atoms with E-state index in [0.717, 1.165) is 5.75 Å². The van der Waals surface area contributed by atoms with Crippen LogP contribution in [0.2, 0.25) is 0 Å². The van der Waals surface area contributed by atoms with Crippen LogP contribution in [0.25, 0.3) is 0 Å². The molecule has 0 amide bonds. The highest BCUT2D eigenvalue weighted by Gasteiger charge is 2.34. The molecule has 1 aliphatic carbocycles. The van der Waals surface area contributed by atoms with E-state index < -0.39 is 0 Å². The lowest BCUT2D eigenvalue weighted by atomic mass is 9.87. The monoisotopic (exact) mass is 219 g/mol. The standard InChI is InChI=1S/C14H21NO/c1-14(2)10-4-5-13(14)15-11-6-8-12(16-3)9-7-11/h6-9,13,15H,4-5,10H2,1-3H3. The van der Waals surface area contributed by atoms with Crippen LogP contribution in [0.4, 0.5) is 5.69 Å². The zero-order valence-corrected chi connectivity index (χ0v) is 10.4. The third-order valence-electron chi connectivity index (χ3n) is 3.69. The van der Waals surface area contributed by atoms with Gasteiger partial charge in [0, 0.05) is 11.7 Å². The first-order valence-electron chi connectivity index (χ1n) is 6.02. The summed E-state index contributed by atoms with van der Waals surface area (Å²) < 4.78 is 5.15. The van der Waals surface area contributed by atoms with E-state index in [9.17, 15) is 0 Å². The summed E-state index contributed by atoms with van der Waals surface area (Å²) >= 11 is 0. The second-order valence-electron chi connectivity index (χ2n) is 5.31. The van der Waals surface area contributed by atoms with Gasteiger partial charge in [-0.3, -0.25) is 0 Å². The van der Waals surface area contributed by atoms with E-state index >= 15 is 0 Å². The highest BCUT2D eigenvalue weighted by Crippen LogP contribution is 2.39. The molecule has 1 unspecified atom stereocenters. The average molecular weight is 219 g/mol. The van der Waals surface area contributed by atoms with E-state index in [0.29, 0.717) is 11.5 Å². The molecule has 2 nitrogen and oxygen atoms in total. The van der Waals surface area contributed by atoms with Crippen molar-refractivity contribution in [2.24, 2.45) is 5.41 Å². The third-order valence-corrected chi connectivity index (χ3v) is 3.69. The van der Waals surface area contributed by atoms with Crippen molar-refractivity contribution in [3.05, 3.63) is 24.3 Å². The van der Waals surface area contributed by atoms with Crippen molar-refractivity contribution in [3.63, 3.8) is 0 Å². The largest absolute Gasteiger partial charge is 0.497 e. The van der Waals surface area contributed by atoms with Gasteiger partial charge in [0.15, 0.2) is 0 Å². The highest BCUT2D eigenvalue weighted by atomic mass is 16.5. The number of ether oxygens (including phenoxy) is 1. The van der Waals surface area contributed by atoms with Gasteiger partial charge in [0.2, 0.25) is 0 Å². The van der Waals surface area contributed by atoms with Crippen LogP contribution >= 0.6 is 0 Å². The molecule has 0 bridgehead atoms. The summed E-state index contributed by atoms with van der Waals surface area (Å²) in [5.74, 6) is 0.913. The Hall–Kier alpha value is -1.18. The fourth-order valence-electron chi connectivity index (χ4n) is 2.48. The normalized spacial score (nSPS) is 23.1. The Morgan fingerprint density at radius 2 is 1.94 bits per heavy atom. The van der Waals surface area contributed by atoms with Crippen LogP contribution in [0.1, 0.15) is 33.1 Å². The van der Waals surface area contributed by atoms with E-state index in [1.807, 2.05) is 12.1 Å². The maximum atomic E-state index is 5.15. The lowest BCUT2D eigenvalue weighted by Crippen LogP contribution is -2.30. The quantitative estimate of drug-likeness (QED) is 0.837. The molecule has 16 heavy (non-hydrogen) atoms. The van der Waals surface area contributed by atoms with Gasteiger partial charge in [-0.2, -0.15) is 0 Å². The van der Waals surface area contributed by atoms with Crippen LogP contribution in [0.3, 0.4) is 0 Å². The van der Waals surface area contributed by atoms with Gasteiger partial charge >= 0.3 is 0 Å². The van der Waals surface area contributed by atoms with Crippen molar-refractivity contribution >= 4 is 5.69 Å². The Kier molecular flexibility index (Phi) is 3.08. The molecule has 1 aliphatic rings. The molecule has 0 spiro atoms. The molecule has 0 aromatic heterocycles. The summed E-state index contributed by atoms with van der Waals surface area (Å²) in [7, 11) is 1.70. The summed E-state index contributed by atoms with van der Waals surface area (Å²) in [5.41, 5.74) is 1.61. The molecule has 1 saturated carbocycles. The maximum Gasteiger partial charge on any atom is 0.119 e. The summed E-state index contributed by atoms with van der Waals surface area (Å²) in [4.78, 5) is 0. The minimum atomic E-state index is 0.417. The average Bonchev–Trinajstić information content (AvgIpc) is 2.59. The molecule has 1 aromatic carbocycles. The number of methoxy groups -OCH3 is 1. The Labute approximate surface area is 98.0 Å². The van der Waals surface area contributed by atoms with Gasteiger partial charge in [0.25, 0.3) is 0 Å². The van der Waals surface area contributed by atoms with E-state index in [1.54, 1.807) is 7.11 Å². The maximum absolute atomic E-state index is 5.15. The summed E-state index contributed by atoms with van der Waals surface area (Å²) in [6.45, 7) is 4.70. The zero-order valence-electron chi connectivity index (χ0n) is 10.4. The Morgan fingerprint density at radius 3 is 2.44 bits per heavy atom. The topological polar surface area (TPSA) is 21.3 Å². The minimum absolute atomic E-state index is 0.417. The first-order chi connectivity index (χ1) is 7.62. The molecular weight excluding hydrogens is 198 g/mol. The fraction of sp³-hybridized carbons (Fsp3) is 0.571. The third kappa shape index (κ3) is 2.31. The second-order valence-corrected chi connectivity index (χ2v) is 5.31. The van der Waals surface area contributed by atoms with Gasteiger partial charge in [-0.1, -0.05) is 20.3 Å². The molecule has 1 N–H and O–H groups in total. The number of rotatable bonds is 3. The first kappa shape index (κ1) is 11.3. The van der Waals surface area contributed by atoms with Crippen molar-refractivity contribution in [3.8, 4) is 5.75 Å². The highest BCUT2D eigenvalue weighted by molar-refractivity contribution is 5.47. The van der Waals surface area contributed by atoms with Gasteiger partial charge in [-0.15, -0.1) is 0 Å². The molecule has 2 rings (SSSR count). The van der Waals surface area contributed by atoms with Crippen LogP contribution in [0, 0.1) is 5.41 Å². The second kappa shape index (κ2) is 4.36. The van der Waals surface area contributed by atoms with Crippen molar-refractivity contribution in [2.75, 3.05) is 12.4 Å². The molecule has 88 valence electrons. The first-order valence-corrected chi connectivity index (χ1v) is 6.02. The molecule has 0 saturated heterocycles. The summed E-state index contributed by atoms with van der Waals surface area (Å²) in [6, 6.07) is 8.79. The van der Waals surface area contributed by atoms with E-state index in [2.05, 4.69) is 31.3 Å². The number of anilines is 1. The molecule has 1 aromatic rings. The van der Waals surface area contributed by atoms with E-state index in [1.165, 1.54) is 24.9 Å². The summed E-state index contributed by atoms with van der Waals surface area (Å²) in [6.07, 6.45) is 3.93. The van der Waals surface area contributed by atoms with Crippen LogP contribution in [0.5, 0.6) is 5.75 Å². The fourth-order valence-corrected chi connectivity index (χ4v) is 2.48. The van der Waals surface area contributed by atoms with Crippen molar-refractivity contribution < 1.29 is 4.74 Å². The van der Waals surface area contributed by atoms with Gasteiger partial charge in [0.05, 0.1) is 7.11 Å². The van der Waals surface area contributed by atoms with Crippen LogP contribution in [-0.2, 0) is 0 Å². The Balaban J connectivity index is 2.03. The molecule has 1 atom stereocenters. The van der Waals surface area contributed by atoms with Crippen LogP contribution < -0.4 is 10.1 Å². The Morgan fingerprint density at radius 1 is 1.25 bits per heavy atom. The van der Waals surface area contributed by atoms with E-state index in [-0.39, 0.29) is 0 Å². The SMILES string of the molecule is COc1ccc(NC2CCCC2(C)C)cc1. The smallest absolute Gasteiger partial charge is 0.119 e. The minimum Gasteiger partial charge on any atom is -0.497 e. The van der Waals surface area contributed by atoms with Gasteiger partial charge in [0.1, 0.15) is 5.75 Å². The molecule has 1 fully saturated rings. The van der Waals surface area contributed by atoms with Crippen molar-refractivity contribution in [2.45, 2.75) is 39.2 Å². The number of hydrogen-bond acceptors (Lipinski definition) is 2. The van der Waals surface area contributed by atoms with Crippen LogP contribution in [0.15, 0.2) is 24.3 Å². The molecule has 2 heteroatoms. The number of benzene rings is 1. The predicted molar refractivity (Wildman–Crippen MR) is 68.0 cm³/mol. The van der Waals surface area contributed by atoms with Crippen molar-refractivity contribution in [1.82, 2.24) is 0 Å². The zero-order chi connectivity index (χ0) is 11.6. The molecule has 0 radical (unpaired) electrons. The van der Waals surface area contributed by atoms with Gasteiger partial charge in [-0.05, 0) is 42.5 Å². The number of nitrogens with one attached hydrogen (secondary N) is 1. The molecular formula is C14H21NO. The van der Waals surface area contributed by atoms with Crippen LogP contribution in [-0.4, -0.2) is 13.2 Å².